The van der Waals surface area contributed by atoms with Crippen molar-refractivity contribution in [3.8, 4) is 0 Å². The average Bonchev–Trinajstić information content (AvgIpc) is 2.77. The standard InChI is InChI=1S/C19H23N3O/c1-2-16-8-9-19(20-12-16)22-11-10-21(14-18(23)15-22)13-17-6-4-3-5-7-17/h2-9,12,18,23H,1,10-11,13-15H2/t18-/m1/s1. The molecule has 1 aliphatic rings. The minimum Gasteiger partial charge on any atom is -0.390 e. The van der Waals surface area contributed by atoms with Crippen LogP contribution >= 0.6 is 0 Å². The fourth-order valence-corrected chi connectivity index (χ4v) is 2.95. The average molecular weight is 309 g/mol. The highest BCUT2D eigenvalue weighted by atomic mass is 16.3. The van der Waals surface area contributed by atoms with Gasteiger partial charge in [-0.1, -0.05) is 43.0 Å². The van der Waals surface area contributed by atoms with Crippen LogP contribution in [0.3, 0.4) is 0 Å². The zero-order valence-electron chi connectivity index (χ0n) is 13.3. The zero-order valence-corrected chi connectivity index (χ0v) is 13.3. The van der Waals surface area contributed by atoms with Gasteiger partial charge in [-0.3, -0.25) is 4.90 Å². The molecule has 0 saturated carbocycles. The molecule has 23 heavy (non-hydrogen) atoms. The van der Waals surface area contributed by atoms with Crippen molar-refractivity contribution in [2.75, 3.05) is 31.1 Å². The number of hydrogen-bond donors (Lipinski definition) is 1. The molecule has 1 aromatic heterocycles. The maximum absolute atomic E-state index is 10.3. The second kappa shape index (κ2) is 7.40. The first-order valence-electron chi connectivity index (χ1n) is 8.02. The summed E-state index contributed by atoms with van der Waals surface area (Å²) in [5.74, 6) is 0.913. The van der Waals surface area contributed by atoms with Gasteiger partial charge in [-0.05, 0) is 23.3 Å². The quantitative estimate of drug-likeness (QED) is 0.941. The minimum absolute atomic E-state index is 0.373. The van der Waals surface area contributed by atoms with E-state index in [9.17, 15) is 5.11 Å². The van der Waals surface area contributed by atoms with Crippen LogP contribution in [0.1, 0.15) is 11.1 Å². The van der Waals surface area contributed by atoms with Crippen LogP contribution in [0.15, 0.2) is 55.2 Å². The number of benzene rings is 1. The lowest BCUT2D eigenvalue weighted by Crippen LogP contribution is -2.33. The zero-order chi connectivity index (χ0) is 16.1. The lowest BCUT2D eigenvalue weighted by molar-refractivity contribution is 0.129. The van der Waals surface area contributed by atoms with Gasteiger partial charge in [0.05, 0.1) is 6.10 Å². The van der Waals surface area contributed by atoms with Crippen molar-refractivity contribution in [1.29, 1.82) is 0 Å². The molecule has 0 bridgehead atoms. The Kier molecular flexibility index (Phi) is 5.05. The third kappa shape index (κ3) is 4.18. The van der Waals surface area contributed by atoms with Crippen LogP contribution in [-0.2, 0) is 6.54 Å². The Bertz CT molecular complexity index is 627. The number of aromatic nitrogens is 1. The summed E-state index contributed by atoms with van der Waals surface area (Å²) < 4.78 is 0. The molecule has 4 heteroatoms. The Labute approximate surface area is 137 Å². The molecule has 1 aliphatic heterocycles. The topological polar surface area (TPSA) is 39.6 Å². The predicted octanol–water partition coefficient (Wildman–Crippen LogP) is 2.41. The number of rotatable bonds is 4. The largest absolute Gasteiger partial charge is 0.390 e. The van der Waals surface area contributed by atoms with E-state index in [-0.39, 0.29) is 6.10 Å². The van der Waals surface area contributed by atoms with Crippen molar-refractivity contribution < 1.29 is 5.11 Å². The van der Waals surface area contributed by atoms with Gasteiger partial charge in [-0.25, -0.2) is 4.98 Å². The maximum atomic E-state index is 10.3. The van der Waals surface area contributed by atoms with Crippen LogP contribution in [0, 0.1) is 0 Å². The van der Waals surface area contributed by atoms with E-state index in [2.05, 4.69) is 45.6 Å². The summed E-state index contributed by atoms with van der Waals surface area (Å²) >= 11 is 0. The third-order valence-corrected chi connectivity index (χ3v) is 4.17. The Balaban J connectivity index is 1.66. The molecule has 1 atom stereocenters. The van der Waals surface area contributed by atoms with E-state index in [1.165, 1.54) is 5.56 Å². The van der Waals surface area contributed by atoms with Crippen LogP contribution < -0.4 is 4.90 Å². The van der Waals surface area contributed by atoms with Gasteiger partial charge in [0.25, 0.3) is 0 Å². The van der Waals surface area contributed by atoms with Gasteiger partial charge in [-0.2, -0.15) is 0 Å². The van der Waals surface area contributed by atoms with Crippen LogP contribution in [0.2, 0.25) is 0 Å². The molecule has 120 valence electrons. The fraction of sp³-hybridized carbons (Fsp3) is 0.316. The summed E-state index contributed by atoms with van der Waals surface area (Å²) in [5.41, 5.74) is 2.29. The predicted molar refractivity (Wildman–Crippen MR) is 94.3 cm³/mol. The van der Waals surface area contributed by atoms with E-state index in [1.54, 1.807) is 6.08 Å². The minimum atomic E-state index is -0.373. The lowest BCUT2D eigenvalue weighted by Gasteiger charge is -2.22. The molecule has 0 radical (unpaired) electrons. The van der Waals surface area contributed by atoms with Crippen molar-refractivity contribution in [3.63, 3.8) is 0 Å². The van der Waals surface area contributed by atoms with E-state index >= 15 is 0 Å². The van der Waals surface area contributed by atoms with Gasteiger partial charge < -0.3 is 10.0 Å². The number of hydrogen-bond acceptors (Lipinski definition) is 4. The maximum Gasteiger partial charge on any atom is 0.128 e. The Morgan fingerprint density at radius 2 is 1.96 bits per heavy atom. The highest BCUT2D eigenvalue weighted by Crippen LogP contribution is 2.16. The first-order valence-corrected chi connectivity index (χ1v) is 8.02. The molecule has 3 rings (SSSR count). The number of β-amino-alcohol motifs (C(OH)–C–C–N with tert-alkyl or cyclic N) is 1. The van der Waals surface area contributed by atoms with Crippen molar-refractivity contribution in [2.24, 2.45) is 0 Å². The summed E-state index contributed by atoms with van der Waals surface area (Å²) in [6.45, 7) is 7.71. The SMILES string of the molecule is C=Cc1ccc(N2CCN(Cc3ccccc3)C[C@@H](O)C2)nc1. The molecule has 0 amide bonds. The second-order valence-electron chi connectivity index (χ2n) is 5.97. The van der Waals surface area contributed by atoms with Gasteiger partial charge in [0.15, 0.2) is 0 Å². The monoisotopic (exact) mass is 309 g/mol. The number of aliphatic hydroxyl groups is 1. The van der Waals surface area contributed by atoms with Crippen molar-refractivity contribution >= 4 is 11.9 Å². The van der Waals surface area contributed by atoms with Gasteiger partial charge in [-0.15, -0.1) is 0 Å². The van der Waals surface area contributed by atoms with Gasteiger partial charge in [0, 0.05) is 38.9 Å². The molecule has 1 fully saturated rings. The van der Waals surface area contributed by atoms with Crippen LogP contribution in [0.25, 0.3) is 6.08 Å². The van der Waals surface area contributed by atoms with Crippen LogP contribution in [0.5, 0.6) is 0 Å². The smallest absolute Gasteiger partial charge is 0.128 e. The molecule has 1 saturated heterocycles. The number of aliphatic hydroxyl groups excluding tert-OH is 1. The second-order valence-corrected chi connectivity index (χ2v) is 5.97. The number of pyridine rings is 1. The van der Waals surface area contributed by atoms with E-state index in [0.29, 0.717) is 13.1 Å². The van der Waals surface area contributed by atoms with Crippen molar-refractivity contribution in [2.45, 2.75) is 12.6 Å². The highest BCUT2D eigenvalue weighted by molar-refractivity contribution is 5.49. The van der Waals surface area contributed by atoms with Gasteiger partial charge in [0.1, 0.15) is 5.82 Å². The van der Waals surface area contributed by atoms with Crippen molar-refractivity contribution in [3.05, 3.63) is 66.4 Å². The Hall–Kier alpha value is -2.17. The molecule has 0 spiro atoms. The molecule has 2 aromatic rings. The fourth-order valence-electron chi connectivity index (χ4n) is 2.95. The van der Waals surface area contributed by atoms with Crippen molar-refractivity contribution in [1.82, 2.24) is 9.88 Å². The molecule has 4 nitrogen and oxygen atoms in total. The van der Waals surface area contributed by atoms with Crippen LogP contribution in [0.4, 0.5) is 5.82 Å². The molecule has 0 unspecified atom stereocenters. The molecular weight excluding hydrogens is 286 g/mol. The number of anilines is 1. The highest BCUT2D eigenvalue weighted by Gasteiger charge is 2.22. The summed E-state index contributed by atoms with van der Waals surface area (Å²) in [4.78, 5) is 8.94. The summed E-state index contributed by atoms with van der Waals surface area (Å²) in [7, 11) is 0. The Morgan fingerprint density at radius 3 is 2.65 bits per heavy atom. The molecule has 1 aromatic carbocycles. The molecule has 1 N–H and O–H groups in total. The van der Waals surface area contributed by atoms with E-state index in [4.69, 9.17) is 0 Å². The summed E-state index contributed by atoms with van der Waals surface area (Å²) in [5, 5.41) is 10.3. The Morgan fingerprint density at radius 1 is 1.13 bits per heavy atom. The molecule has 0 aliphatic carbocycles. The molecular formula is C19H23N3O. The molecule has 2 heterocycles. The van der Waals surface area contributed by atoms with E-state index in [1.807, 2.05) is 24.4 Å². The first-order chi connectivity index (χ1) is 11.2. The van der Waals surface area contributed by atoms with Gasteiger partial charge >= 0.3 is 0 Å². The number of nitrogens with zero attached hydrogens (tertiary/aromatic N) is 3. The normalized spacial score (nSPS) is 19.3. The third-order valence-electron chi connectivity index (χ3n) is 4.17. The first kappa shape index (κ1) is 15.7. The lowest BCUT2D eigenvalue weighted by atomic mass is 10.2. The van der Waals surface area contributed by atoms with E-state index in [0.717, 1.165) is 31.0 Å². The van der Waals surface area contributed by atoms with E-state index < -0.39 is 0 Å². The van der Waals surface area contributed by atoms with Gasteiger partial charge in [0.2, 0.25) is 0 Å². The summed E-state index contributed by atoms with van der Waals surface area (Å²) in [6.07, 6.45) is 3.24. The van der Waals surface area contributed by atoms with Crippen LogP contribution in [-0.4, -0.2) is 47.3 Å². The summed E-state index contributed by atoms with van der Waals surface area (Å²) in [6, 6.07) is 14.4.